The van der Waals surface area contributed by atoms with E-state index in [-0.39, 0.29) is 17.6 Å². The molecule has 3 aliphatic rings. The molecule has 18 heavy (non-hydrogen) atoms. The van der Waals surface area contributed by atoms with Gasteiger partial charge in [0.1, 0.15) is 0 Å². The molecule has 0 unspecified atom stereocenters. The smallest absolute Gasteiger partial charge is 0.220 e. The molecule has 3 rings (SSSR count). The van der Waals surface area contributed by atoms with Crippen molar-refractivity contribution in [2.75, 3.05) is 13.2 Å². The van der Waals surface area contributed by atoms with Crippen LogP contribution in [0.25, 0.3) is 0 Å². The first-order chi connectivity index (χ1) is 8.45. The minimum atomic E-state index is -0.853. The minimum Gasteiger partial charge on any atom is -0.389 e. The highest BCUT2D eigenvalue weighted by Gasteiger charge is 2.57. The summed E-state index contributed by atoms with van der Waals surface area (Å²) in [5.74, 6) is -0.759. The van der Waals surface area contributed by atoms with Crippen LogP contribution < -0.4 is 5.73 Å². The zero-order chi connectivity index (χ0) is 12.9. The molecule has 3 fully saturated rings. The third-order valence-corrected chi connectivity index (χ3v) is 4.80. The number of aliphatic hydroxyl groups is 1. The number of carbonyl (C=O) groups is 1. The van der Waals surface area contributed by atoms with Gasteiger partial charge in [-0.2, -0.15) is 0 Å². The van der Waals surface area contributed by atoms with E-state index in [9.17, 15) is 9.90 Å². The summed E-state index contributed by atoms with van der Waals surface area (Å²) in [5.41, 5.74) is 4.49. The van der Waals surface area contributed by atoms with Crippen molar-refractivity contribution in [1.82, 2.24) is 0 Å². The zero-order valence-electron chi connectivity index (χ0n) is 10.6. The maximum Gasteiger partial charge on any atom is 0.220 e. The van der Waals surface area contributed by atoms with E-state index < -0.39 is 11.5 Å². The zero-order valence-corrected chi connectivity index (χ0v) is 10.6. The minimum absolute atomic E-state index is 0.0902. The van der Waals surface area contributed by atoms with Gasteiger partial charge >= 0.3 is 0 Å². The lowest BCUT2D eigenvalue weighted by Gasteiger charge is -2.57. The number of carbonyl (C=O) groups excluding carboxylic acids is 1. The van der Waals surface area contributed by atoms with E-state index in [1.54, 1.807) is 0 Å². The van der Waals surface area contributed by atoms with Crippen molar-refractivity contribution < 1.29 is 19.4 Å². The molecule has 102 valence electrons. The lowest BCUT2D eigenvalue weighted by Crippen LogP contribution is -2.56. The van der Waals surface area contributed by atoms with Gasteiger partial charge in [-0.1, -0.05) is 0 Å². The van der Waals surface area contributed by atoms with E-state index in [4.69, 9.17) is 15.2 Å². The topological polar surface area (TPSA) is 81.8 Å². The Morgan fingerprint density at radius 2 is 1.67 bits per heavy atom. The second kappa shape index (κ2) is 3.92. The summed E-state index contributed by atoms with van der Waals surface area (Å²) < 4.78 is 11.4. The number of hydrogen-bond donors (Lipinski definition) is 2. The molecule has 0 aromatic heterocycles. The summed E-state index contributed by atoms with van der Waals surface area (Å²) in [6.07, 6.45) is 5.30. The SMILES string of the molecule is NC(=O)CC1(O)CC2(CCC3(CC2)OCCO3)C1. The molecule has 1 aliphatic heterocycles. The van der Waals surface area contributed by atoms with Crippen molar-refractivity contribution >= 4 is 5.91 Å². The first kappa shape index (κ1) is 12.4. The molecule has 2 aliphatic carbocycles. The molecule has 0 bridgehead atoms. The Morgan fingerprint density at radius 3 is 2.17 bits per heavy atom. The highest BCUT2D eigenvalue weighted by Crippen LogP contribution is 2.60. The molecule has 0 aromatic carbocycles. The highest BCUT2D eigenvalue weighted by molar-refractivity contribution is 5.75. The largest absolute Gasteiger partial charge is 0.389 e. The molecule has 5 heteroatoms. The van der Waals surface area contributed by atoms with E-state index in [2.05, 4.69) is 0 Å². The van der Waals surface area contributed by atoms with Gasteiger partial charge in [0, 0.05) is 12.8 Å². The van der Waals surface area contributed by atoms with Gasteiger partial charge in [-0.25, -0.2) is 0 Å². The Morgan fingerprint density at radius 1 is 1.11 bits per heavy atom. The van der Waals surface area contributed by atoms with Gasteiger partial charge in [-0.05, 0) is 31.1 Å². The number of ether oxygens (including phenoxy) is 2. The van der Waals surface area contributed by atoms with E-state index in [1.807, 2.05) is 0 Å². The van der Waals surface area contributed by atoms with Crippen molar-refractivity contribution in [3.05, 3.63) is 0 Å². The predicted molar refractivity (Wildman–Crippen MR) is 63.5 cm³/mol. The first-order valence-corrected chi connectivity index (χ1v) is 6.74. The molecule has 1 heterocycles. The quantitative estimate of drug-likeness (QED) is 0.760. The number of rotatable bonds is 2. The van der Waals surface area contributed by atoms with Crippen LogP contribution in [0, 0.1) is 5.41 Å². The molecule has 2 spiro atoms. The molecular formula is C13H21NO4. The van der Waals surface area contributed by atoms with Gasteiger partial charge in [0.05, 0.1) is 25.2 Å². The molecule has 3 N–H and O–H groups in total. The second-order valence-electron chi connectivity index (χ2n) is 6.33. The summed E-state index contributed by atoms with van der Waals surface area (Å²) in [7, 11) is 0. The monoisotopic (exact) mass is 255 g/mol. The normalized spacial score (nSPS) is 31.4. The van der Waals surface area contributed by atoms with Crippen molar-refractivity contribution in [3.8, 4) is 0 Å². The fraction of sp³-hybridized carbons (Fsp3) is 0.923. The van der Waals surface area contributed by atoms with Gasteiger partial charge in [-0.15, -0.1) is 0 Å². The van der Waals surface area contributed by atoms with Crippen LogP contribution in [0.15, 0.2) is 0 Å². The molecule has 2 saturated carbocycles. The number of amides is 1. The number of nitrogens with two attached hydrogens (primary N) is 1. The van der Waals surface area contributed by atoms with Crippen LogP contribution >= 0.6 is 0 Å². The molecular weight excluding hydrogens is 234 g/mol. The van der Waals surface area contributed by atoms with Crippen molar-refractivity contribution in [3.63, 3.8) is 0 Å². The summed E-state index contributed by atoms with van der Waals surface area (Å²) in [4.78, 5) is 10.9. The van der Waals surface area contributed by atoms with Crippen LogP contribution in [0.2, 0.25) is 0 Å². The first-order valence-electron chi connectivity index (χ1n) is 6.74. The lowest BCUT2D eigenvalue weighted by molar-refractivity contribution is -0.224. The Bertz CT molecular complexity index is 344. The van der Waals surface area contributed by atoms with Gasteiger partial charge in [-0.3, -0.25) is 4.79 Å². The van der Waals surface area contributed by atoms with Gasteiger partial charge < -0.3 is 20.3 Å². The third kappa shape index (κ3) is 2.04. The van der Waals surface area contributed by atoms with Crippen molar-refractivity contribution in [2.45, 2.75) is 56.3 Å². The Hall–Kier alpha value is -0.650. The third-order valence-electron chi connectivity index (χ3n) is 4.80. The van der Waals surface area contributed by atoms with E-state index in [1.165, 1.54) is 0 Å². The van der Waals surface area contributed by atoms with E-state index in [0.717, 1.165) is 25.7 Å². The Labute approximate surface area is 107 Å². The van der Waals surface area contributed by atoms with Gasteiger partial charge in [0.2, 0.25) is 5.91 Å². The van der Waals surface area contributed by atoms with Crippen LogP contribution in [0.1, 0.15) is 44.9 Å². The Kier molecular flexibility index (Phi) is 2.70. The second-order valence-corrected chi connectivity index (χ2v) is 6.33. The maximum absolute atomic E-state index is 10.9. The fourth-order valence-electron chi connectivity index (χ4n) is 4.09. The number of primary amides is 1. The molecule has 0 atom stereocenters. The van der Waals surface area contributed by atoms with Gasteiger partial charge in [0.25, 0.3) is 0 Å². The van der Waals surface area contributed by atoms with Crippen LogP contribution in [-0.4, -0.2) is 35.6 Å². The molecule has 1 amide bonds. The van der Waals surface area contributed by atoms with Crippen LogP contribution in [0.3, 0.4) is 0 Å². The Balaban J connectivity index is 1.56. The summed E-state index contributed by atoms with van der Waals surface area (Å²) >= 11 is 0. The lowest BCUT2D eigenvalue weighted by atomic mass is 9.52. The van der Waals surface area contributed by atoms with Crippen molar-refractivity contribution in [1.29, 1.82) is 0 Å². The van der Waals surface area contributed by atoms with E-state index in [0.29, 0.717) is 26.1 Å². The summed E-state index contributed by atoms with van der Waals surface area (Å²) in [6.45, 7) is 1.39. The molecule has 0 aromatic rings. The molecule has 5 nitrogen and oxygen atoms in total. The molecule has 1 saturated heterocycles. The predicted octanol–water partition coefficient (Wildman–Crippen LogP) is 0.690. The van der Waals surface area contributed by atoms with Gasteiger partial charge in [0.15, 0.2) is 5.79 Å². The highest BCUT2D eigenvalue weighted by atomic mass is 16.7. The number of hydrogen-bond acceptors (Lipinski definition) is 4. The van der Waals surface area contributed by atoms with Crippen LogP contribution in [0.5, 0.6) is 0 Å². The summed E-state index contributed by atoms with van der Waals surface area (Å²) in [6, 6.07) is 0. The van der Waals surface area contributed by atoms with E-state index >= 15 is 0 Å². The van der Waals surface area contributed by atoms with Crippen molar-refractivity contribution in [2.24, 2.45) is 11.1 Å². The standard InChI is InChI=1S/C13H21NO4/c14-10(15)7-12(16)8-11(9-12)1-3-13(4-2-11)17-5-6-18-13/h16H,1-9H2,(H2,14,15). The fourth-order valence-corrected chi connectivity index (χ4v) is 4.09. The average Bonchev–Trinajstić information content (AvgIpc) is 2.68. The average molecular weight is 255 g/mol. The molecule has 0 radical (unpaired) electrons. The van der Waals surface area contributed by atoms with Crippen LogP contribution in [0.4, 0.5) is 0 Å². The maximum atomic E-state index is 10.9. The summed E-state index contributed by atoms with van der Waals surface area (Å²) in [5, 5.41) is 10.2. The van der Waals surface area contributed by atoms with Crippen LogP contribution in [-0.2, 0) is 14.3 Å².